The Morgan fingerprint density at radius 1 is 1.15 bits per heavy atom. The van der Waals surface area contributed by atoms with Crippen LogP contribution in [-0.2, 0) is 14.8 Å². The molecule has 1 aliphatic heterocycles. The molecule has 1 fully saturated rings. The summed E-state index contributed by atoms with van der Waals surface area (Å²) < 4.78 is 32.1. The van der Waals surface area contributed by atoms with Gasteiger partial charge in [0.2, 0.25) is 5.91 Å². The van der Waals surface area contributed by atoms with Gasteiger partial charge in [-0.2, -0.15) is 4.31 Å². The standard InChI is InChI=1S/C18H23N3O4S2/c1-14(18(22)19-15-5-7-16(25-2)8-6-15)20-9-11-21(12-10-20)27(23,24)17-4-3-13-26-17/h3-8,13-14H,9-12H2,1-2H3,(H,19,22). The number of piperazine rings is 1. The Labute approximate surface area is 163 Å². The average Bonchev–Trinajstić information content (AvgIpc) is 3.24. The lowest BCUT2D eigenvalue weighted by Crippen LogP contribution is -2.53. The highest BCUT2D eigenvalue weighted by Gasteiger charge is 2.32. The molecule has 2 heterocycles. The van der Waals surface area contributed by atoms with Gasteiger partial charge in [0, 0.05) is 31.9 Å². The van der Waals surface area contributed by atoms with E-state index < -0.39 is 10.0 Å². The summed E-state index contributed by atoms with van der Waals surface area (Å²) in [6.07, 6.45) is 0. The van der Waals surface area contributed by atoms with Crippen LogP contribution < -0.4 is 10.1 Å². The Morgan fingerprint density at radius 2 is 1.81 bits per heavy atom. The molecule has 1 atom stereocenters. The highest BCUT2D eigenvalue weighted by molar-refractivity contribution is 7.91. The van der Waals surface area contributed by atoms with E-state index >= 15 is 0 Å². The molecule has 1 saturated heterocycles. The molecule has 3 rings (SSSR count). The second-order valence-corrected chi connectivity index (χ2v) is 9.38. The predicted molar refractivity (Wildman–Crippen MR) is 106 cm³/mol. The van der Waals surface area contributed by atoms with Gasteiger partial charge < -0.3 is 10.1 Å². The second-order valence-electron chi connectivity index (χ2n) is 6.27. The molecule has 1 aromatic heterocycles. The van der Waals surface area contributed by atoms with Crippen molar-refractivity contribution in [2.45, 2.75) is 17.2 Å². The minimum Gasteiger partial charge on any atom is -0.497 e. The van der Waals surface area contributed by atoms with Gasteiger partial charge in [-0.1, -0.05) is 6.07 Å². The number of carbonyl (C=O) groups excluding carboxylic acids is 1. The molecule has 1 N–H and O–H groups in total. The summed E-state index contributed by atoms with van der Waals surface area (Å²) in [5.41, 5.74) is 0.701. The van der Waals surface area contributed by atoms with Crippen LogP contribution in [0.1, 0.15) is 6.92 Å². The third-order valence-electron chi connectivity index (χ3n) is 4.65. The number of rotatable bonds is 6. The Morgan fingerprint density at radius 3 is 2.37 bits per heavy atom. The Bertz CT molecular complexity index is 859. The van der Waals surface area contributed by atoms with Crippen LogP contribution in [0.15, 0.2) is 46.0 Å². The van der Waals surface area contributed by atoms with E-state index in [9.17, 15) is 13.2 Å². The van der Waals surface area contributed by atoms with Crippen molar-refractivity contribution in [3.63, 3.8) is 0 Å². The number of anilines is 1. The van der Waals surface area contributed by atoms with Gasteiger partial charge in [-0.15, -0.1) is 11.3 Å². The molecule has 0 aliphatic carbocycles. The molecule has 27 heavy (non-hydrogen) atoms. The van der Waals surface area contributed by atoms with Gasteiger partial charge in [0.1, 0.15) is 9.96 Å². The number of hydrogen-bond donors (Lipinski definition) is 1. The summed E-state index contributed by atoms with van der Waals surface area (Å²) in [6, 6.07) is 10.2. The number of thiophene rings is 1. The largest absolute Gasteiger partial charge is 0.497 e. The highest BCUT2D eigenvalue weighted by atomic mass is 32.2. The smallest absolute Gasteiger partial charge is 0.252 e. The minimum absolute atomic E-state index is 0.116. The zero-order valence-corrected chi connectivity index (χ0v) is 16.9. The van der Waals surface area contributed by atoms with Crippen molar-refractivity contribution in [2.75, 3.05) is 38.6 Å². The molecule has 0 radical (unpaired) electrons. The number of methoxy groups -OCH3 is 1. The summed E-state index contributed by atoms with van der Waals surface area (Å²) in [5.74, 6) is 0.610. The van der Waals surface area contributed by atoms with Crippen molar-refractivity contribution in [2.24, 2.45) is 0 Å². The highest BCUT2D eigenvalue weighted by Crippen LogP contribution is 2.22. The molecule has 7 nitrogen and oxygen atoms in total. The van der Waals surface area contributed by atoms with Gasteiger partial charge in [0.25, 0.3) is 10.0 Å². The fraction of sp³-hybridized carbons (Fsp3) is 0.389. The SMILES string of the molecule is COc1ccc(NC(=O)C(C)N2CCN(S(=O)(=O)c3cccs3)CC2)cc1. The molecule has 2 aromatic rings. The number of carbonyl (C=O) groups is 1. The van der Waals surface area contributed by atoms with Crippen molar-refractivity contribution >= 4 is 33.0 Å². The van der Waals surface area contributed by atoms with Crippen LogP contribution in [0.3, 0.4) is 0 Å². The fourth-order valence-electron chi connectivity index (χ4n) is 2.96. The van der Waals surface area contributed by atoms with Crippen LogP contribution >= 0.6 is 11.3 Å². The summed E-state index contributed by atoms with van der Waals surface area (Å²) in [5, 5.41) is 4.65. The van der Waals surface area contributed by atoms with Gasteiger partial charge in [0.15, 0.2) is 0 Å². The third-order valence-corrected chi connectivity index (χ3v) is 7.92. The Kier molecular flexibility index (Phi) is 6.15. The number of amides is 1. The lowest BCUT2D eigenvalue weighted by atomic mass is 10.2. The Balaban J connectivity index is 1.56. The first-order chi connectivity index (χ1) is 12.9. The van der Waals surface area contributed by atoms with E-state index in [1.54, 1.807) is 48.9 Å². The fourth-order valence-corrected chi connectivity index (χ4v) is 5.52. The van der Waals surface area contributed by atoms with Crippen molar-refractivity contribution in [1.82, 2.24) is 9.21 Å². The van der Waals surface area contributed by atoms with E-state index in [2.05, 4.69) is 5.32 Å². The monoisotopic (exact) mass is 409 g/mol. The zero-order chi connectivity index (χ0) is 19.4. The molecule has 1 aromatic carbocycles. The summed E-state index contributed by atoms with van der Waals surface area (Å²) in [4.78, 5) is 14.5. The summed E-state index contributed by atoms with van der Waals surface area (Å²) in [7, 11) is -1.84. The number of benzene rings is 1. The van der Waals surface area contributed by atoms with Crippen molar-refractivity contribution < 1.29 is 17.9 Å². The van der Waals surface area contributed by atoms with Crippen molar-refractivity contribution in [1.29, 1.82) is 0 Å². The van der Waals surface area contributed by atoms with Crippen LogP contribution in [0.25, 0.3) is 0 Å². The number of hydrogen-bond acceptors (Lipinski definition) is 6. The normalized spacial score (nSPS) is 17.4. The van der Waals surface area contributed by atoms with E-state index in [-0.39, 0.29) is 11.9 Å². The third kappa shape index (κ3) is 4.49. The van der Waals surface area contributed by atoms with Crippen LogP contribution in [0, 0.1) is 0 Å². The van der Waals surface area contributed by atoms with Gasteiger partial charge in [-0.05, 0) is 42.6 Å². The van der Waals surface area contributed by atoms with E-state index in [0.29, 0.717) is 36.1 Å². The number of nitrogens with zero attached hydrogens (tertiary/aromatic N) is 2. The molecule has 0 saturated carbocycles. The van der Waals surface area contributed by atoms with Crippen molar-refractivity contribution in [3.05, 3.63) is 41.8 Å². The molecule has 1 amide bonds. The average molecular weight is 410 g/mol. The molecule has 146 valence electrons. The molecule has 0 bridgehead atoms. The van der Waals surface area contributed by atoms with E-state index in [1.807, 2.05) is 11.8 Å². The maximum absolute atomic E-state index is 12.6. The molecule has 9 heteroatoms. The molecule has 1 aliphatic rings. The number of nitrogens with one attached hydrogen (secondary N) is 1. The van der Waals surface area contributed by atoms with E-state index in [1.165, 1.54) is 15.6 Å². The van der Waals surface area contributed by atoms with Crippen LogP contribution in [0.2, 0.25) is 0 Å². The second kappa shape index (κ2) is 8.39. The van der Waals surface area contributed by atoms with Crippen LogP contribution in [-0.4, -0.2) is 62.9 Å². The quantitative estimate of drug-likeness (QED) is 0.790. The van der Waals surface area contributed by atoms with Gasteiger partial charge in [-0.25, -0.2) is 8.42 Å². The van der Waals surface area contributed by atoms with Gasteiger partial charge in [0.05, 0.1) is 13.2 Å². The topological polar surface area (TPSA) is 79.0 Å². The van der Waals surface area contributed by atoms with Crippen LogP contribution in [0.4, 0.5) is 5.69 Å². The number of sulfonamides is 1. The van der Waals surface area contributed by atoms with Gasteiger partial charge >= 0.3 is 0 Å². The first-order valence-corrected chi connectivity index (χ1v) is 11.0. The van der Waals surface area contributed by atoms with Gasteiger partial charge in [-0.3, -0.25) is 9.69 Å². The maximum atomic E-state index is 12.6. The Hall–Kier alpha value is -1.94. The lowest BCUT2D eigenvalue weighted by molar-refractivity contribution is -0.121. The predicted octanol–water partition coefficient (Wildman–Crippen LogP) is 2.09. The number of ether oxygens (including phenoxy) is 1. The molecule has 0 spiro atoms. The molecular weight excluding hydrogens is 386 g/mol. The zero-order valence-electron chi connectivity index (χ0n) is 15.3. The molecule has 1 unspecified atom stereocenters. The summed E-state index contributed by atoms with van der Waals surface area (Å²) >= 11 is 1.22. The summed E-state index contributed by atoms with van der Waals surface area (Å²) in [6.45, 7) is 3.62. The molecular formula is C18H23N3O4S2. The minimum atomic E-state index is -3.43. The first-order valence-electron chi connectivity index (χ1n) is 8.64. The van der Waals surface area contributed by atoms with Crippen molar-refractivity contribution in [3.8, 4) is 5.75 Å². The van der Waals surface area contributed by atoms with E-state index in [4.69, 9.17) is 4.74 Å². The maximum Gasteiger partial charge on any atom is 0.252 e. The first kappa shape index (κ1) is 19.8. The van der Waals surface area contributed by atoms with Crippen LogP contribution in [0.5, 0.6) is 5.75 Å². The lowest BCUT2D eigenvalue weighted by Gasteiger charge is -2.36. The van der Waals surface area contributed by atoms with E-state index in [0.717, 1.165) is 5.75 Å².